The van der Waals surface area contributed by atoms with E-state index in [9.17, 15) is 9.59 Å². The molecule has 1 aliphatic heterocycles. The van der Waals surface area contributed by atoms with Gasteiger partial charge in [0.2, 0.25) is 5.91 Å². The summed E-state index contributed by atoms with van der Waals surface area (Å²) in [6.45, 7) is 3.11. The molecule has 1 saturated heterocycles. The lowest BCUT2D eigenvalue weighted by molar-refractivity contribution is -0.128. The average Bonchev–Trinajstić information content (AvgIpc) is 2.97. The molecule has 1 heterocycles. The number of hydrogen-bond acceptors (Lipinski definition) is 3. The van der Waals surface area contributed by atoms with Crippen molar-refractivity contribution < 1.29 is 9.59 Å². The highest BCUT2D eigenvalue weighted by molar-refractivity contribution is 8.00. The van der Waals surface area contributed by atoms with Crippen LogP contribution < -0.4 is 5.32 Å². The van der Waals surface area contributed by atoms with Crippen molar-refractivity contribution in [2.75, 3.05) is 12.3 Å². The van der Waals surface area contributed by atoms with Gasteiger partial charge in [0.05, 0.1) is 5.75 Å². The van der Waals surface area contributed by atoms with E-state index in [1.54, 1.807) is 11.8 Å². The van der Waals surface area contributed by atoms with Gasteiger partial charge in [-0.3, -0.25) is 9.59 Å². The minimum atomic E-state index is -0.0691. The second kappa shape index (κ2) is 7.53. The highest BCUT2D eigenvalue weighted by atomic mass is 32.2. The van der Waals surface area contributed by atoms with E-state index in [1.165, 1.54) is 0 Å². The van der Waals surface area contributed by atoms with Gasteiger partial charge in [-0.2, -0.15) is 0 Å². The number of nitrogens with one attached hydrogen (secondary N) is 1. The van der Waals surface area contributed by atoms with Crippen LogP contribution in [0.1, 0.15) is 33.8 Å². The quantitative estimate of drug-likeness (QED) is 0.909. The van der Waals surface area contributed by atoms with Crippen LogP contribution >= 0.6 is 11.8 Å². The van der Waals surface area contributed by atoms with E-state index in [0.717, 1.165) is 11.1 Å². The summed E-state index contributed by atoms with van der Waals surface area (Å²) in [4.78, 5) is 26.0. The van der Waals surface area contributed by atoms with Gasteiger partial charge in [0.1, 0.15) is 5.37 Å². The number of amides is 2. The van der Waals surface area contributed by atoms with Crippen molar-refractivity contribution in [3.8, 4) is 0 Å². The summed E-state index contributed by atoms with van der Waals surface area (Å²) < 4.78 is 0. The Morgan fingerprint density at radius 3 is 2.54 bits per heavy atom. The third-order valence-corrected chi connectivity index (χ3v) is 5.22. The second-order valence-electron chi connectivity index (χ2n) is 5.65. The molecule has 1 N–H and O–H groups in total. The zero-order chi connectivity index (χ0) is 16.9. The maximum atomic E-state index is 12.3. The summed E-state index contributed by atoms with van der Waals surface area (Å²) in [5, 5.41) is 2.79. The predicted octanol–water partition coefficient (Wildman–Crippen LogP) is 3.21. The van der Waals surface area contributed by atoms with Crippen molar-refractivity contribution in [2.24, 2.45) is 0 Å². The topological polar surface area (TPSA) is 49.4 Å². The molecule has 24 heavy (non-hydrogen) atoms. The van der Waals surface area contributed by atoms with Crippen LogP contribution in [0.5, 0.6) is 0 Å². The molecule has 0 radical (unpaired) electrons. The van der Waals surface area contributed by atoms with Crippen molar-refractivity contribution >= 4 is 23.6 Å². The Morgan fingerprint density at radius 2 is 1.88 bits per heavy atom. The maximum absolute atomic E-state index is 12.3. The van der Waals surface area contributed by atoms with E-state index in [2.05, 4.69) is 5.32 Å². The molecule has 124 valence electrons. The Hall–Kier alpha value is -2.27. The van der Waals surface area contributed by atoms with Crippen LogP contribution in [-0.4, -0.2) is 29.0 Å². The van der Waals surface area contributed by atoms with E-state index in [1.807, 2.05) is 66.4 Å². The van der Waals surface area contributed by atoms with Gasteiger partial charge in [-0.05, 0) is 30.2 Å². The summed E-state index contributed by atoms with van der Waals surface area (Å²) >= 11 is 1.63. The number of carbonyl (C=O) groups excluding carboxylic acids is 2. The summed E-state index contributed by atoms with van der Waals surface area (Å²) in [7, 11) is 0. The van der Waals surface area contributed by atoms with Crippen molar-refractivity contribution in [1.82, 2.24) is 10.2 Å². The van der Waals surface area contributed by atoms with Gasteiger partial charge in [-0.25, -0.2) is 0 Å². The molecular formula is C19H20N2O2S. The van der Waals surface area contributed by atoms with E-state index in [4.69, 9.17) is 0 Å². The van der Waals surface area contributed by atoms with E-state index >= 15 is 0 Å². The van der Waals surface area contributed by atoms with Gasteiger partial charge >= 0.3 is 0 Å². The number of hydrogen-bond donors (Lipinski definition) is 1. The normalized spacial score (nSPS) is 17.1. The number of nitrogens with zero attached hydrogens (tertiary/aromatic N) is 1. The van der Waals surface area contributed by atoms with Crippen LogP contribution in [0, 0.1) is 0 Å². The molecule has 0 saturated carbocycles. The molecule has 2 aromatic carbocycles. The zero-order valence-corrected chi connectivity index (χ0v) is 14.4. The summed E-state index contributed by atoms with van der Waals surface area (Å²) in [5.74, 6) is 0.581. The molecule has 0 bridgehead atoms. The number of carbonyl (C=O) groups is 2. The van der Waals surface area contributed by atoms with Gasteiger partial charge in [-0.15, -0.1) is 11.8 Å². The largest absolute Gasteiger partial charge is 0.352 e. The van der Waals surface area contributed by atoms with E-state index in [0.29, 0.717) is 24.4 Å². The van der Waals surface area contributed by atoms with Crippen LogP contribution in [-0.2, 0) is 11.3 Å². The fourth-order valence-corrected chi connectivity index (χ4v) is 3.93. The van der Waals surface area contributed by atoms with Gasteiger partial charge in [0, 0.05) is 18.7 Å². The minimum Gasteiger partial charge on any atom is -0.352 e. The standard InChI is InChI=1S/C19H20N2O2S/c1-2-20-18(23)15-8-10-16(11-9-15)19-21(17(22)13-24-19)12-14-6-4-3-5-7-14/h3-11,19H,2,12-13H2,1H3,(H,20,23). The van der Waals surface area contributed by atoms with Gasteiger partial charge in [0.25, 0.3) is 5.91 Å². The van der Waals surface area contributed by atoms with Crippen LogP contribution in [0.25, 0.3) is 0 Å². The number of rotatable bonds is 5. The summed E-state index contributed by atoms with van der Waals surface area (Å²) in [6, 6.07) is 17.5. The average molecular weight is 340 g/mol. The minimum absolute atomic E-state index is 0.000919. The lowest BCUT2D eigenvalue weighted by atomic mass is 10.1. The molecule has 4 nitrogen and oxygen atoms in total. The highest BCUT2D eigenvalue weighted by Gasteiger charge is 2.32. The molecule has 1 unspecified atom stereocenters. The molecule has 0 aliphatic carbocycles. The number of benzene rings is 2. The first-order valence-corrected chi connectivity index (χ1v) is 9.07. The molecule has 1 atom stereocenters. The third-order valence-electron chi connectivity index (χ3n) is 3.96. The molecule has 1 fully saturated rings. The van der Waals surface area contributed by atoms with Crippen LogP contribution in [0.15, 0.2) is 54.6 Å². The van der Waals surface area contributed by atoms with Crippen LogP contribution in [0.4, 0.5) is 0 Å². The summed E-state index contributed by atoms with van der Waals surface area (Å²) in [6.07, 6.45) is 0. The Kier molecular flexibility index (Phi) is 5.20. The fraction of sp³-hybridized carbons (Fsp3) is 0.263. The molecule has 0 spiro atoms. The molecule has 2 aromatic rings. The molecule has 0 aromatic heterocycles. The van der Waals surface area contributed by atoms with Gasteiger partial charge < -0.3 is 10.2 Å². The van der Waals surface area contributed by atoms with Crippen molar-refractivity contribution in [2.45, 2.75) is 18.8 Å². The lowest BCUT2D eigenvalue weighted by Gasteiger charge is -2.24. The predicted molar refractivity (Wildman–Crippen MR) is 96.6 cm³/mol. The first-order valence-electron chi connectivity index (χ1n) is 8.02. The van der Waals surface area contributed by atoms with E-state index in [-0.39, 0.29) is 17.2 Å². The number of thioether (sulfide) groups is 1. The van der Waals surface area contributed by atoms with Crippen molar-refractivity contribution in [3.63, 3.8) is 0 Å². The SMILES string of the molecule is CCNC(=O)c1ccc(C2SCC(=O)N2Cc2ccccc2)cc1. The van der Waals surface area contributed by atoms with Crippen molar-refractivity contribution in [3.05, 3.63) is 71.3 Å². The Labute approximate surface area is 146 Å². The highest BCUT2D eigenvalue weighted by Crippen LogP contribution is 2.39. The lowest BCUT2D eigenvalue weighted by Crippen LogP contribution is -2.27. The van der Waals surface area contributed by atoms with Crippen molar-refractivity contribution in [1.29, 1.82) is 0 Å². The third kappa shape index (κ3) is 3.62. The second-order valence-corrected chi connectivity index (χ2v) is 6.72. The molecule has 3 rings (SSSR count). The molecule has 1 aliphatic rings. The fourth-order valence-electron chi connectivity index (χ4n) is 2.74. The zero-order valence-electron chi connectivity index (χ0n) is 13.6. The first-order chi connectivity index (χ1) is 11.7. The molecular weight excluding hydrogens is 320 g/mol. The van der Waals surface area contributed by atoms with Gasteiger partial charge in [0.15, 0.2) is 0 Å². The Bertz CT molecular complexity index is 716. The van der Waals surface area contributed by atoms with Crippen LogP contribution in [0.2, 0.25) is 0 Å². The Morgan fingerprint density at radius 1 is 1.17 bits per heavy atom. The van der Waals surface area contributed by atoms with E-state index < -0.39 is 0 Å². The van der Waals surface area contributed by atoms with Crippen LogP contribution in [0.3, 0.4) is 0 Å². The maximum Gasteiger partial charge on any atom is 0.251 e. The smallest absolute Gasteiger partial charge is 0.251 e. The first kappa shape index (κ1) is 16.6. The molecule has 5 heteroatoms. The Balaban J connectivity index is 1.77. The monoisotopic (exact) mass is 340 g/mol. The van der Waals surface area contributed by atoms with Gasteiger partial charge in [-0.1, -0.05) is 42.5 Å². The molecule has 2 amide bonds. The summed E-state index contributed by atoms with van der Waals surface area (Å²) in [5.41, 5.74) is 2.82.